The molecule has 2 heterocycles. The van der Waals surface area contributed by atoms with E-state index in [9.17, 15) is 0 Å². The average Bonchev–Trinajstić information content (AvgIpc) is 2.58. The molecule has 0 radical (unpaired) electrons. The molecule has 2 aliphatic rings. The quantitative estimate of drug-likeness (QED) is 0.834. The normalized spacial score (nSPS) is 31.1. The molecule has 1 aromatic carbocycles. The van der Waals surface area contributed by atoms with Gasteiger partial charge in [-0.15, -0.1) is 0 Å². The Morgan fingerprint density at radius 3 is 2.14 bits per heavy atom. The molecule has 1 fully saturated rings. The molecule has 0 bridgehead atoms. The van der Waals surface area contributed by atoms with Gasteiger partial charge in [0.1, 0.15) is 6.79 Å². The molecule has 0 amide bonds. The van der Waals surface area contributed by atoms with Crippen LogP contribution in [0.5, 0.6) is 0 Å². The van der Waals surface area contributed by atoms with Gasteiger partial charge >= 0.3 is 0 Å². The van der Waals surface area contributed by atoms with Gasteiger partial charge in [-0.3, -0.25) is 4.84 Å². The first-order valence-electron chi connectivity index (χ1n) is 7.64. The fraction of sp³-hybridized carbons (Fsp3) is 0.647. The molecule has 4 heteroatoms. The Labute approximate surface area is 126 Å². The lowest BCUT2D eigenvalue weighted by molar-refractivity contribution is -0.373. The van der Waals surface area contributed by atoms with E-state index in [0.29, 0.717) is 6.79 Å². The van der Waals surface area contributed by atoms with Crippen LogP contribution >= 0.6 is 0 Å². The van der Waals surface area contributed by atoms with Crippen molar-refractivity contribution >= 4 is 0 Å². The maximum Gasteiger partial charge on any atom is 0.182 e. The number of hydrogen-bond acceptors (Lipinski definition) is 4. The predicted octanol–water partition coefficient (Wildman–Crippen LogP) is 3.51. The summed E-state index contributed by atoms with van der Waals surface area (Å²) in [5, 5.41) is 2.09. The highest BCUT2D eigenvalue weighted by Crippen LogP contribution is 2.49. The summed E-state index contributed by atoms with van der Waals surface area (Å²) in [5.41, 5.74) is 2.25. The van der Waals surface area contributed by atoms with E-state index in [4.69, 9.17) is 14.3 Å². The highest BCUT2D eigenvalue weighted by atomic mass is 16.8. The fourth-order valence-electron chi connectivity index (χ4n) is 3.56. The highest BCUT2D eigenvalue weighted by molar-refractivity contribution is 5.42. The van der Waals surface area contributed by atoms with Crippen molar-refractivity contribution in [3.63, 3.8) is 0 Å². The summed E-state index contributed by atoms with van der Waals surface area (Å²) in [6, 6.07) is 8.56. The number of ether oxygens (including phenoxy) is 2. The Balaban J connectivity index is 1.89. The topological polar surface area (TPSA) is 30.9 Å². The minimum atomic E-state index is -0.249. The molecule has 0 aromatic heterocycles. The summed E-state index contributed by atoms with van der Waals surface area (Å²) in [6.07, 6.45) is 0.667. The van der Waals surface area contributed by atoms with E-state index < -0.39 is 0 Å². The number of hydrogen-bond donors (Lipinski definition) is 0. The molecule has 0 saturated carbocycles. The summed E-state index contributed by atoms with van der Waals surface area (Å²) >= 11 is 0. The van der Waals surface area contributed by atoms with Crippen molar-refractivity contribution in [2.75, 3.05) is 6.79 Å². The summed E-state index contributed by atoms with van der Waals surface area (Å²) in [4.78, 5) is 6.27. The minimum absolute atomic E-state index is 0.167. The third kappa shape index (κ3) is 2.40. The molecular formula is C17H25NO3. The molecule has 0 aliphatic carbocycles. The van der Waals surface area contributed by atoms with Crippen LogP contribution in [0.3, 0.4) is 0 Å². The zero-order valence-electron chi connectivity index (χ0n) is 13.6. The second-order valence-corrected chi connectivity index (χ2v) is 6.99. The Hall–Kier alpha value is -0.940. The van der Waals surface area contributed by atoms with Crippen molar-refractivity contribution in [2.24, 2.45) is 0 Å². The van der Waals surface area contributed by atoms with Crippen LogP contribution in [-0.2, 0) is 25.4 Å². The molecule has 2 atom stereocenters. The maximum absolute atomic E-state index is 6.27. The van der Waals surface area contributed by atoms with E-state index >= 15 is 0 Å². The van der Waals surface area contributed by atoms with E-state index in [2.05, 4.69) is 57.0 Å². The molecule has 0 spiro atoms. The first-order valence-corrected chi connectivity index (χ1v) is 7.64. The zero-order chi connectivity index (χ0) is 15.3. The SMILES string of the molecule is C[C@H]1C[C@H](ON2C(C)(C)c3ccccc3C2(C)C)OCO1. The second kappa shape index (κ2) is 5.06. The molecule has 2 aliphatic heterocycles. The molecule has 21 heavy (non-hydrogen) atoms. The lowest BCUT2D eigenvalue weighted by Crippen LogP contribution is -2.49. The molecule has 1 aromatic rings. The molecule has 0 N–H and O–H groups in total. The third-order valence-corrected chi connectivity index (χ3v) is 4.61. The van der Waals surface area contributed by atoms with Gasteiger partial charge in [0, 0.05) is 6.42 Å². The number of benzene rings is 1. The van der Waals surface area contributed by atoms with Gasteiger partial charge in [-0.05, 0) is 45.7 Å². The van der Waals surface area contributed by atoms with Crippen LogP contribution in [-0.4, -0.2) is 24.3 Å². The summed E-state index contributed by atoms with van der Waals surface area (Å²) in [7, 11) is 0. The average molecular weight is 291 g/mol. The van der Waals surface area contributed by atoms with Gasteiger partial charge in [-0.2, -0.15) is 5.06 Å². The van der Waals surface area contributed by atoms with Gasteiger partial charge < -0.3 is 9.47 Å². The lowest BCUT2D eigenvalue weighted by Gasteiger charge is -2.42. The van der Waals surface area contributed by atoms with Crippen LogP contribution in [0, 0.1) is 0 Å². The van der Waals surface area contributed by atoms with Crippen molar-refractivity contribution in [1.29, 1.82) is 0 Å². The van der Waals surface area contributed by atoms with Crippen LogP contribution in [0.4, 0.5) is 0 Å². The Morgan fingerprint density at radius 2 is 1.62 bits per heavy atom. The largest absolute Gasteiger partial charge is 0.352 e. The van der Waals surface area contributed by atoms with Crippen molar-refractivity contribution < 1.29 is 14.3 Å². The van der Waals surface area contributed by atoms with E-state index in [1.807, 2.05) is 6.92 Å². The van der Waals surface area contributed by atoms with E-state index in [1.165, 1.54) is 11.1 Å². The Morgan fingerprint density at radius 1 is 1.05 bits per heavy atom. The molecule has 4 nitrogen and oxygen atoms in total. The molecule has 0 unspecified atom stereocenters. The monoisotopic (exact) mass is 291 g/mol. The van der Waals surface area contributed by atoms with Crippen LogP contribution in [0.15, 0.2) is 24.3 Å². The van der Waals surface area contributed by atoms with Crippen LogP contribution in [0.1, 0.15) is 52.2 Å². The number of hydroxylamine groups is 2. The zero-order valence-corrected chi connectivity index (χ0v) is 13.6. The Kier molecular flexibility index (Phi) is 3.61. The van der Waals surface area contributed by atoms with Gasteiger partial charge in [0.05, 0.1) is 17.2 Å². The van der Waals surface area contributed by atoms with Crippen molar-refractivity contribution in [2.45, 2.75) is 64.5 Å². The first kappa shape index (κ1) is 15.0. The minimum Gasteiger partial charge on any atom is -0.352 e. The molecule has 3 rings (SSSR count). The number of nitrogens with zero attached hydrogens (tertiary/aromatic N) is 1. The van der Waals surface area contributed by atoms with Crippen LogP contribution in [0.25, 0.3) is 0 Å². The molecular weight excluding hydrogens is 266 g/mol. The second-order valence-electron chi connectivity index (χ2n) is 6.99. The Bertz CT molecular complexity index is 492. The summed E-state index contributed by atoms with van der Waals surface area (Å²) in [5.74, 6) is 0. The third-order valence-electron chi connectivity index (χ3n) is 4.61. The molecule has 116 valence electrons. The summed E-state index contributed by atoms with van der Waals surface area (Å²) < 4.78 is 11.0. The highest BCUT2D eigenvalue weighted by Gasteiger charge is 2.51. The smallest absolute Gasteiger partial charge is 0.182 e. The van der Waals surface area contributed by atoms with E-state index in [0.717, 1.165) is 6.42 Å². The predicted molar refractivity (Wildman–Crippen MR) is 80.3 cm³/mol. The fourth-order valence-corrected chi connectivity index (χ4v) is 3.56. The van der Waals surface area contributed by atoms with E-state index in [1.54, 1.807) is 0 Å². The van der Waals surface area contributed by atoms with Gasteiger partial charge in [0.2, 0.25) is 0 Å². The van der Waals surface area contributed by atoms with Crippen LogP contribution < -0.4 is 0 Å². The van der Waals surface area contributed by atoms with Crippen molar-refractivity contribution in [1.82, 2.24) is 5.06 Å². The standard InChI is InChI=1S/C17H25NO3/c1-12-10-15(20-11-19-12)21-18-16(2,3)13-8-6-7-9-14(13)17(18,4)5/h6-9,12,15H,10-11H2,1-5H3/t12-,15-/m0/s1. The summed E-state index contributed by atoms with van der Waals surface area (Å²) in [6.45, 7) is 11.1. The van der Waals surface area contributed by atoms with Crippen molar-refractivity contribution in [3.8, 4) is 0 Å². The van der Waals surface area contributed by atoms with Gasteiger partial charge in [0.25, 0.3) is 0 Å². The van der Waals surface area contributed by atoms with Crippen molar-refractivity contribution in [3.05, 3.63) is 35.4 Å². The number of rotatable bonds is 2. The first-order chi connectivity index (χ1) is 9.83. The van der Waals surface area contributed by atoms with E-state index in [-0.39, 0.29) is 23.5 Å². The number of fused-ring (bicyclic) bond motifs is 1. The maximum atomic E-state index is 6.27. The van der Waals surface area contributed by atoms with Gasteiger partial charge in [0.15, 0.2) is 6.29 Å². The van der Waals surface area contributed by atoms with Gasteiger partial charge in [-0.25, -0.2) is 0 Å². The lowest BCUT2D eigenvalue weighted by atomic mass is 9.91. The van der Waals surface area contributed by atoms with Gasteiger partial charge in [-0.1, -0.05) is 24.3 Å². The van der Waals surface area contributed by atoms with Crippen LogP contribution in [0.2, 0.25) is 0 Å². The molecule has 1 saturated heterocycles.